The number of amides is 3. The van der Waals surface area contributed by atoms with E-state index in [1.54, 1.807) is 24.3 Å². The van der Waals surface area contributed by atoms with Crippen LogP contribution >= 0.6 is 0 Å². The summed E-state index contributed by atoms with van der Waals surface area (Å²) in [5, 5.41) is 8.32. The van der Waals surface area contributed by atoms with Gasteiger partial charge >= 0.3 is 6.03 Å². The molecule has 1 heterocycles. The summed E-state index contributed by atoms with van der Waals surface area (Å²) in [5.74, 6) is -0.189. The Balaban J connectivity index is 1.80. The Kier molecular flexibility index (Phi) is 5.79. The molecule has 0 bridgehead atoms. The van der Waals surface area contributed by atoms with Gasteiger partial charge in [-0.2, -0.15) is 0 Å². The highest BCUT2D eigenvalue weighted by Gasteiger charge is 2.17. The molecule has 1 aromatic heterocycles. The number of carbonyl (C=O) groups is 2. The molecule has 0 atom stereocenters. The Hall–Kier alpha value is -3.54. The maximum atomic E-state index is 12.8. The van der Waals surface area contributed by atoms with E-state index in [4.69, 9.17) is 0 Å². The summed E-state index contributed by atoms with van der Waals surface area (Å²) in [5.41, 5.74) is 4.72. The van der Waals surface area contributed by atoms with Crippen LogP contribution in [0.15, 0.2) is 60.7 Å². The van der Waals surface area contributed by atoms with Gasteiger partial charge in [-0.1, -0.05) is 24.3 Å². The highest BCUT2D eigenvalue weighted by Crippen LogP contribution is 2.22. The van der Waals surface area contributed by atoms with Crippen LogP contribution in [0.3, 0.4) is 0 Å². The number of para-hydroxylation sites is 1. The van der Waals surface area contributed by atoms with Crippen LogP contribution in [0.4, 0.5) is 16.2 Å². The second kappa shape index (κ2) is 8.43. The first kappa shape index (κ1) is 19.2. The van der Waals surface area contributed by atoms with Crippen molar-refractivity contribution in [2.24, 2.45) is 0 Å². The molecule has 0 radical (unpaired) electrons. The first-order valence-electron chi connectivity index (χ1n) is 9.20. The number of hydrogen-bond donors (Lipinski definition) is 3. The van der Waals surface area contributed by atoms with Crippen molar-refractivity contribution in [3.63, 3.8) is 0 Å². The second-order valence-electron chi connectivity index (χ2n) is 6.48. The zero-order valence-electron chi connectivity index (χ0n) is 16.2. The molecular weight excluding hydrogens is 352 g/mol. The van der Waals surface area contributed by atoms with E-state index in [2.05, 4.69) is 20.5 Å². The third kappa shape index (κ3) is 4.23. The van der Waals surface area contributed by atoms with Crippen LogP contribution in [0.5, 0.6) is 0 Å². The number of benzene rings is 2. The van der Waals surface area contributed by atoms with Crippen molar-refractivity contribution in [1.29, 1.82) is 0 Å². The van der Waals surface area contributed by atoms with Crippen LogP contribution < -0.4 is 16.0 Å². The van der Waals surface area contributed by atoms with E-state index in [-0.39, 0.29) is 11.9 Å². The first-order valence-corrected chi connectivity index (χ1v) is 9.20. The standard InChI is InChI=1S/C22H24N4O2/c1-4-23-22(28)25-18-10-8-9-17(14-18)24-21(27)20-13-15(2)26(16(20)3)19-11-6-5-7-12-19/h5-14H,4H2,1-3H3,(H,24,27)(H2,23,25,28). The fourth-order valence-electron chi connectivity index (χ4n) is 3.18. The lowest BCUT2D eigenvalue weighted by Gasteiger charge is -2.11. The lowest BCUT2D eigenvalue weighted by Crippen LogP contribution is -2.28. The lowest BCUT2D eigenvalue weighted by molar-refractivity contribution is 0.102. The zero-order chi connectivity index (χ0) is 20.1. The maximum absolute atomic E-state index is 12.8. The van der Waals surface area contributed by atoms with Gasteiger partial charge in [0.1, 0.15) is 0 Å². The Morgan fingerprint density at radius 1 is 0.893 bits per heavy atom. The number of urea groups is 1. The molecule has 0 aliphatic carbocycles. The van der Waals surface area contributed by atoms with Gasteiger partial charge < -0.3 is 20.5 Å². The Morgan fingerprint density at radius 3 is 2.25 bits per heavy atom. The van der Waals surface area contributed by atoms with Crippen molar-refractivity contribution in [3.05, 3.63) is 77.6 Å². The quantitative estimate of drug-likeness (QED) is 0.614. The van der Waals surface area contributed by atoms with E-state index in [0.29, 0.717) is 23.5 Å². The summed E-state index contributed by atoms with van der Waals surface area (Å²) in [6.45, 7) is 6.30. The topological polar surface area (TPSA) is 75.2 Å². The highest BCUT2D eigenvalue weighted by atomic mass is 16.2. The van der Waals surface area contributed by atoms with Crippen molar-refractivity contribution < 1.29 is 9.59 Å². The predicted molar refractivity (Wildman–Crippen MR) is 112 cm³/mol. The maximum Gasteiger partial charge on any atom is 0.319 e. The van der Waals surface area contributed by atoms with E-state index in [0.717, 1.165) is 17.1 Å². The van der Waals surface area contributed by atoms with Crippen LogP contribution in [0.25, 0.3) is 5.69 Å². The average molecular weight is 376 g/mol. The SMILES string of the molecule is CCNC(=O)Nc1cccc(NC(=O)c2cc(C)n(-c3ccccc3)c2C)c1. The molecule has 3 aromatic rings. The largest absolute Gasteiger partial charge is 0.338 e. The predicted octanol–water partition coefficient (Wildman–Crippen LogP) is 4.49. The second-order valence-corrected chi connectivity index (χ2v) is 6.48. The molecule has 144 valence electrons. The van der Waals surface area contributed by atoms with E-state index in [1.807, 2.05) is 57.2 Å². The van der Waals surface area contributed by atoms with Gasteiger partial charge in [0.05, 0.1) is 5.56 Å². The molecule has 0 saturated heterocycles. The monoisotopic (exact) mass is 376 g/mol. The molecule has 3 amide bonds. The van der Waals surface area contributed by atoms with E-state index >= 15 is 0 Å². The summed E-state index contributed by atoms with van der Waals surface area (Å²) < 4.78 is 2.06. The molecule has 6 nitrogen and oxygen atoms in total. The fourth-order valence-corrected chi connectivity index (χ4v) is 3.18. The van der Waals surface area contributed by atoms with Gasteiger partial charge in [0.15, 0.2) is 0 Å². The third-order valence-corrected chi connectivity index (χ3v) is 4.41. The number of rotatable bonds is 5. The number of hydrogen-bond acceptors (Lipinski definition) is 2. The Morgan fingerprint density at radius 2 is 1.57 bits per heavy atom. The van der Waals surface area contributed by atoms with Crippen molar-refractivity contribution >= 4 is 23.3 Å². The fraction of sp³-hybridized carbons (Fsp3) is 0.182. The smallest absolute Gasteiger partial charge is 0.319 e. The summed E-state index contributed by atoms with van der Waals surface area (Å²) >= 11 is 0. The minimum atomic E-state index is -0.280. The van der Waals surface area contributed by atoms with Crippen LogP contribution in [-0.4, -0.2) is 23.1 Å². The zero-order valence-corrected chi connectivity index (χ0v) is 16.2. The van der Waals surface area contributed by atoms with Crippen LogP contribution in [0.2, 0.25) is 0 Å². The van der Waals surface area contributed by atoms with Crippen molar-refractivity contribution in [2.75, 3.05) is 17.2 Å². The van der Waals surface area contributed by atoms with E-state index < -0.39 is 0 Å². The van der Waals surface area contributed by atoms with Crippen molar-refractivity contribution in [1.82, 2.24) is 9.88 Å². The van der Waals surface area contributed by atoms with Gasteiger partial charge in [-0.15, -0.1) is 0 Å². The van der Waals surface area contributed by atoms with E-state index in [1.165, 1.54) is 0 Å². The third-order valence-electron chi connectivity index (χ3n) is 4.41. The average Bonchev–Trinajstić information content (AvgIpc) is 2.97. The number of nitrogens with one attached hydrogen (secondary N) is 3. The number of aromatic nitrogens is 1. The number of nitrogens with zero attached hydrogens (tertiary/aromatic N) is 1. The van der Waals surface area contributed by atoms with Crippen molar-refractivity contribution in [3.8, 4) is 5.69 Å². The molecule has 6 heteroatoms. The number of carbonyl (C=O) groups excluding carboxylic acids is 2. The minimum Gasteiger partial charge on any atom is -0.338 e. The summed E-state index contributed by atoms with van der Waals surface area (Å²) in [4.78, 5) is 24.5. The molecule has 2 aromatic carbocycles. The van der Waals surface area contributed by atoms with Gasteiger partial charge in [0, 0.05) is 35.0 Å². The molecular formula is C22H24N4O2. The minimum absolute atomic E-state index is 0.189. The highest BCUT2D eigenvalue weighted by molar-refractivity contribution is 6.05. The molecule has 28 heavy (non-hydrogen) atoms. The van der Waals surface area contributed by atoms with Gasteiger partial charge in [0.2, 0.25) is 0 Å². The number of anilines is 2. The van der Waals surface area contributed by atoms with Gasteiger partial charge in [-0.05, 0) is 57.2 Å². The summed E-state index contributed by atoms with van der Waals surface area (Å²) in [6, 6.07) is 18.6. The molecule has 0 aliphatic rings. The molecule has 0 spiro atoms. The molecule has 3 rings (SSSR count). The Labute approximate surface area is 164 Å². The molecule has 0 saturated carbocycles. The summed E-state index contributed by atoms with van der Waals surface area (Å²) in [7, 11) is 0. The van der Waals surface area contributed by atoms with E-state index in [9.17, 15) is 9.59 Å². The van der Waals surface area contributed by atoms with Gasteiger partial charge in [-0.3, -0.25) is 4.79 Å². The van der Waals surface area contributed by atoms with Gasteiger partial charge in [0.25, 0.3) is 5.91 Å². The molecule has 0 fully saturated rings. The normalized spacial score (nSPS) is 10.4. The Bertz CT molecular complexity index is 993. The molecule has 0 unspecified atom stereocenters. The molecule has 0 aliphatic heterocycles. The first-order chi connectivity index (χ1) is 13.5. The van der Waals surface area contributed by atoms with Crippen LogP contribution in [0.1, 0.15) is 28.7 Å². The van der Waals surface area contributed by atoms with Crippen LogP contribution in [-0.2, 0) is 0 Å². The van der Waals surface area contributed by atoms with Crippen molar-refractivity contribution in [2.45, 2.75) is 20.8 Å². The van der Waals surface area contributed by atoms with Crippen LogP contribution in [0, 0.1) is 13.8 Å². The lowest BCUT2D eigenvalue weighted by atomic mass is 10.2. The van der Waals surface area contributed by atoms with Gasteiger partial charge in [-0.25, -0.2) is 4.79 Å². The number of aryl methyl sites for hydroxylation is 1. The molecule has 3 N–H and O–H groups in total. The summed E-state index contributed by atoms with van der Waals surface area (Å²) in [6.07, 6.45) is 0.